The molecule has 4 rings (SSSR count). The third kappa shape index (κ3) is 5.73. The largest absolute Gasteiger partial charge is 0.458 e. The van der Waals surface area contributed by atoms with Gasteiger partial charge in [-0.2, -0.15) is 0 Å². The lowest BCUT2D eigenvalue weighted by molar-refractivity contribution is -0.234. The van der Waals surface area contributed by atoms with Gasteiger partial charge in [0.05, 0.1) is 18.5 Å². The second-order valence-electron chi connectivity index (χ2n) is 14.7. The van der Waals surface area contributed by atoms with Gasteiger partial charge in [-0.15, -0.1) is 4.83 Å². The summed E-state index contributed by atoms with van der Waals surface area (Å²) in [7, 11) is -3.70. The Hall–Kier alpha value is -1.75. The lowest BCUT2D eigenvalue weighted by Crippen LogP contribution is -2.65. The van der Waals surface area contributed by atoms with Crippen LogP contribution in [0.3, 0.4) is 0 Å². The third-order valence-corrected chi connectivity index (χ3v) is 12.4. The molecule has 0 bridgehead atoms. The molecule has 0 radical (unpaired) electrons. The molecule has 0 saturated heterocycles. The van der Waals surface area contributed by atoms with Crippen molar-refractivity contribution in [1.82, 2.24) is 10.3 Å². The number of allylic oxidation sites excluding steroid dienone is 2. The smallest absolute Gasteiger partial charge is 0.303 e. The second kappa shape index (κ2) is 11.6. The Labute approximate surface area is 252 Å². The van der Waals surface area contributed by atoms with Crippen molar-refractivity contribution < 1.29 is 33.0 Å². The summed E-state index contributed by atoms with van der Waals surface area (Å²) in [5, 5.41) is 22.8. The van der Waals surface area contributed by atoms with Gasteiger partial charge in [0.15, 0.2) is 0 Å². The maximum Gasteiger partial charge on any atom is 0.303 e. The zero-order valence-electron chi connectivity index (χ0n) is 26.6. The molecule has 0 unspecified atom stereocenters. The highest BCUT2D eigenvalue weighted by Gasteiger charge is 2.70. The molecule has 4 fully saturated rings. The number of hydrazine groups is 1. The molecular weight excluding hydrogens is 556 g/mol. The molecule has 10 heteroatoms. The highest BCUT2D eigenvalue weighted by Crippen LogP contribution is 2.74. The third-order valence-electron chi connectivity index (χ3n) is 11.9. The summed E-state index contributed by atoms with van der Waals surface area (Å²) in [5.74, 6) is -0.769. The van der Waals surface area contributed by atoms with Gasteiger partial charge in [0.2, 0.25) is 10.0 Å². The van der Waals surface area contributed by atoms with Gasteiger partial charge in [-0.25, -0.2) is 8.42 Å². The van der Waals surface area contributed by atoms with E-state index in [2.05, 4.69) is 38.0 Å². The molecule has 238 valence electrons. The Bertz CT molecular complexity index is 1260. The summed E-state index contributed by atoms with van der Waals surface area (Å²) >= 11 is 0. The first-order chi connectivity index (χ1) is 19.4. The maximum atomic E-state index is 13.7. The minimum atomic E-state index is -3.70. The first kappa shape index (κ1) is 33.1. The van der Waals surface area contributed by atoms with Gasteiger partial charge in [-0.05, 0) is 111 Å². The normalized spacial score (nSPS) is 42.5. The Morgan fingerprint density at radius 2 is 1.71 bits per heavy atom. The number of aliphatic hydroxyl groups excluding tert-OH is 2. The number of esters is 1. The summed E-state index contributed by atoms with van der Waals surface area (Å²) in [4.78, 5) is 28.2. The molecule has 0 spiro atoms. The number of aliphatic hydroxyl groups is 2. The number of rotatable bonds is 7. The van der Waals surface area contributed by atoms with Crippen molar-refractivity contribution in [2.75, 3.05) is 6.26 Å². The van der Waals surface area contributed by atoms with Crippen LogP contribution in [0, 0.1) is 39.9 Å². The van der Waals surface area contributed by atoms with E-state index in [9.17, 15) is 28.2 Å². The fraction of sp³-hybridized carbons (Fsp3) is 0.812. The average Bonchev–Trinajstić information content (AvgIpc) is 3.13. The number of fused-ring (bicyclic) bond motifs is 5. The van der Waals surface area contributed by atoms with E-state index < -0.39 is 34.1 Å². The van der Waals surface area contributed by atoms with Crippen molar-refractivity contribution in [3.05, 3.63) is 22.8 Å². The van der Waals surface area contributed by atoms with Gasteiger partial charge in [0, 0.05) is 12.5 Å². The fourth-order valence-electron chi connectivity index (χ4n) is 10.0. The summed E-state index contributed by atoms with van der Waals surface area (Å²) < 4.78 is 29.6. The van der Waals surface area contributed by atoms with Crippen molar-refractivity contribution in [3.63, 3.8) is 0 Å². The molecule has 4 N–H and O–H groups in total. The SMILES string of the molecule is CC(=O)O[C@H]1C[C@@]2(C)[C@@H](C[C@@H](O)[C@H]3[C@@]4(C)CC[C@@H](O)[C@@H](C)[C@@H]4CC[C@@]32C)/C1=C(\CCC=C(C)C)C(=O)NNS(C)(=O)=O. The van der Waals surface area contributed by atoms with Crippen LogP contribution in [0.5, 0.6) is 0 Å². The summed E-state index contributed by atoms with van der Waals surface area (Å²) in [5.41, 5.74) is 3.74. The molecule has 0 aromatic rings. The van der Waals surface area contributed by atoms with Crippen LogP contribution in [0.2, 0.25) is 0 Å². The number of carbonyl (C=O) groups is 2. The van der Waals surface area contributed by atoms with Crippen molar-refractivity contribution in [2.45, 2.75) is 118 Å². The van der Waals surface area contributed by atoms with Crippen LogP contribution < -0.4 is 10.3 Å². The highest BCUT2D eigenvalue weighted by atomic mass is 32.2. The molecule has 4 aliphatic rings. The molecule has 0 aliphatic heterocycles. The molecule has 4 saturated carbocycles. The van der Waals surface area contributed by atoms with Gasteiger partial charge >= 0.3 is 5.97 Å². The van der Waals surface area contributed by atoms with E-state index in [1.165, 1.54) is 6.92 Å². The molecular formula is C32H52N2O7S. The number of hydrogen-bond acceptors (Lipinski definition) is 7. The van der Waals surface area contributed by atoms with E-state index in [-0.39, 0.29) is 40.1 Å². The monoisotopic (exact) mass is 608 g/mol. The van der Waals surface area contributed by atoms with Crippen LogP contribution in [-0.4, -0.2) is 55.1 Å². The first-order valence-electron chi connectivity index (χ1n) is 15.5. The number of sulfonamides is 1. The first-order valence-corrected chi connectivity index (χ1v) is 17.4. The molecule has 0 heterocycles. The van der Waals surface area contributed by atoms with E-state index in [0.717, 1.165) is 37.5 Å². The lowest BCUT2D eigenvalue weighted by atomic mass is 9.36. The van der Waals surface area contributed by atoms with Gasteiger partial charge in [0.25, 0.3) is 5.91 Å². The summed E-state index contributed by atoms with van der Waals surface area (Å²) in [6.07, 6.45) is 6.64. The van der Waals surface area contributed by atoms with E-state index in [0.29, 0.717) is 42.7 Å². The quantitative estimate of drug-likeness (QED) is 0.147. The predicted molar refractivity (Wildman–Crippen MR) is 161 cm³/mol. The number of nitrogens with one attached hydrogen (secondary N) is 2. The Kier molecular flexibility index (Phi) is 9.18. The van der Waals surface area contributed by atoms with Crippen LogP contribution in [-0.2, 0) is 24.3 Å². The molecule has 9 nitrogen and oxygen atoms in total. The zero-order chi connectivity index (χ0) is 31.4. The van der Waals surface area contributed by atoms with Crippen LogP contribution in [0.4, 0.5) is 0 Å². The standard InChI is InChI=1S/C32H52N2O7S/c1-18(2)10-9-11-21(29(38)33-34-42(8,39)40)27-23-16-25(37)28-30(5)14-13-24(36)19(3)22(30)12-15-31(28,6)32(23,7)17-26(27)41-20(4)35/h10,19,22-26,28,34,36-37H,9,11-17H2,1-8H3,(H,33,38)/b27-21-/t19-,22-,23-,24+,25+,26-,28-,30-,31-,32-/m0/s1. The molecule has 1 amide bonds. The molecule has 4 aliphatic carbocycles. The summed E-state index contributed by atoms with van der Waals surface area (Å²) in [6.45, 7) is 14.3. The fourth-order valence-corrected chi connectivity index (χ4v) is 10.3. The number of ether oxygens (including phenoxy) is 1. The summed E-state index contributed by atoms with van der Waals surface area (Å²) in [6, 6.07) is 0. The highest BCUT2D eigenvalue weighted by molar-refractivity contribution is 7.88. The topological polar surface area (TPSA) is 142 Å². The number of carbonyl (C=O) groups excluding carboxylic acids is 2. The maximum absolute atomic E-state index is 13.7. The van der Waals surface area contributed by atoms with Crippen molar-refractivity contribution in [1.29, 1.82) is 0 Å². The van der Waals surface area contributed by atoms with Crippen molar-refractivity contribution in [2.24, 2.45) is 39.9 Å². The second-order valence-corrected chi connectivity index (χ2v) is 16.4. The van der Waals surface area contributed by atoms with Crippen molar-refractivity contribution >= 4 is 21.9 Å². The van der Waals surface area contributed by atoms with Crippen molar-refractivity contribution in [3.8, 4) is 0 Å². The van der Waals surface area contributed by atoms with Crippen LogP contribution in [0.15, 0.2) is 22.8 Å². The zero-order valence-corrected chi connectivity index (χ0v) is 27.4. The molecule has 0 aromatic carbocycles. The van der Waals surface area contributed by atoms with Gasteiger partial charge in [0.1, 0.15) is 6.10 Å². The Balaban J connectivity index is 1.84. The Morgan fingerprint density at radius 3 is 2.31 bits per heavy atom. The van der Waals surface area contributed by atoms with E-state index >= 15 is 0 Å². The van der Waals surface area contributed by atoms with Gasteiger partial charge in [-0.1, -0.05) is 39.3 Å². The minimum Gasteiger partial charge on any atom is -0.458 e. The number of hydrogen-bond donors (Lipinski definition) is 4. The minimum absolute atomic E-state index is 0.00729. The number of amides is 1. The van der Waals surface area contributed by atoms with Gasteiger partial charge in [-0.3, -0.25) is 15.0 Å². The predicted octanol–water partition coefficient (Wildman–Crippen LogP) is 4.16. The molecule has 42 heavy (non-hydrogen) atoms. The molecule has 0 aromatic heterocycles. The Morgan fingerprint density at radius 1 is 1.05 bits per heavy atom. The van der Waals surface area contributed by atoms with Crippen LogP contribution in [0.1, 0.15) is 99.8 Å². The van der Waals surface area contributed by atoms with Gasteiger partial charge < -0.3 is 14.9 Å². The van der Waals surface area contributed by atoms with Crippen LogP contribution >= 0.6 is 0 Å². The average molecular weight is 609 g/mol. The lowest BCUT2D eigenvalue weighted by Gasteiger charge is -2.69. The van der Waals surface area contributed by atoms with Crippen LogP contribution in [0.25, 0.3) is 0 Å². The van der Waals surface area contributed by atoms with E-state index in [1.807, 2.05) is 19.9 Å². The van der Waals surface area contributed by atoms with E-state index in [4.69, 9.17) is 4.74 Å². The van der Waals surface area contributed by atoms with E-state index in [1.54, 1.807) is 0 Å². The molecule has 10 atom stereocenters.